The Morgan fingerprint density at radius 1 is 1.06 bits per heavy atom. The molecule has 3 aliphatic heterocycles. The van der Waals surface area contributed by atoms with E-state index in [1.807, 2.05) is 0 Å². The molecule has 0 bridgehead atoms. The number of ether oxygens (including phenoxy) is 1. The molecule has 1 aromatic rings. The van der Waals surface area contributed by atoms with E-state index in [2.05, 4.69) is 57.3 Å². The number of nitrogens with zero attached hydrogens (tertiary/aromatic N) is 4. The average Bonchev–Trinajstić information content (AvgIpc) is 3.29. The number of hydrogen-bond donors (Lipinski definition) is 1. The minimum absolute atomic E-state index is 0. The van der Waals surface area contributed by atoms with Crippen LogP contribution in [-0.2, 0) is 11.3 Å². The van der Waals surface area contributed by atoms with Crippen molar-refractivity contribution in [1.82, 2.24) is 20.0 Å². The zero-order chi connectivity index (χ0) is 20.6. The van der Waals surface area contributed by atoms with E-state index in [4.69, 9.17) is 9.73 Å². The highest BCUT2D eigenvalue weighted by Crippen LogP contribution is 2.21. The summed E-state index contributed by atoms with van der Waals surface area (Å²) in [6.07, 6.45) is 5.12. The molecule has 3 aliphatic rings. The lowest BCUT2D eigenvalue weighted by Crippen LogP contribution is -2.47. The molecule has 31 heavy (non-hydrogen) atoms. The van der Waals surface area contributed by atoms with Gasteiger partial charge in [0.1, 0.15) is 0 Å². The molecule has 0 aliphatic carbocycles. The average molecular weight is 542 g/mol. The summed E-state index contributed by atoms with van der Waals surface area (Å²) in [4.78, 5) is 12.9. The van der Waals surface area contributed by atoms with Gasteiger partial charge in [0.15, 0.2) is 5.96 Å². The molecule has 0 radical (unpaired) electrons. The van der Waals surface area contributed by atoms with Crippen LogP contribution in [0.1, 0.15) is 38.2 Å². The van der Waals surface area contributed by atoms with E-state index in [1.165, 1.54) is 37.8 Å². The van der Waals surface area contributed by atoms with Gasteiger partial charge < -0.3 is 15.0 Å². The van der Waals surface area contributed by atoms with Crippen molar-refractivity contribution < 1.29 is 4.74 Å². The van der Waals surface area contributed by atoms with Crippen molar-refractivity contribution in [3.8, 4) is 0 Å². The normalized spacial score (nSPS) is 26.0. The molecule has 4 rings (SSSR count). The first kappa shape index (κ1) is 24.7. The second kappa shape index (κ2) is 13.0. The smallest absolute Gasteiger partial charge is 0.194 e. The van der Waals surface area contributed by atoms with Crippen LogP contribution >= 0.6 is 24.0 Å². The van der Waals surface area contributed by atoms with E-state index in [-0.39, 0.29) is 24.0 Å². The zero-order valence-corrected chi connectivity index (χ0v) is 21.4. The van der Waals surface area contributed by atoms with Crippen molar-refractivity contribution in [3.05, 3.63) is 35.9 Å². The minimum atomic E-state index is 0. The molecule has 3 fully saturated rings. The maximum atomic E-state index is 5.53. The number of guanidine groups is 1. The summed E-state index contributed by atoms with van der Waals surface area (Å²) in [5.41, 5.74) is 1.41. The van der Waals surface area contributed by atoms with Crippen LogP contribution in [0.15, 0.2) is 35.3 Å². The van der Waals surface area contributed by atoms with Crippen LogP contribution in [0.5, 0.6) is 0 Å². The Hall–Kier alpha value is -0.900. The molecule has 1 aromatic carbocycles. The molecule has 0 saturated carbocycles. The molecule has 2 unspecified atom stereocenters. The van der Waals surface area contributed by atoms with E-state index in [1.54, 1.807) is 0 Å². The summed E-state index contributed by atoms with van der Waals surface area (Å²) < 4.78 is 5.53. The van der Waals surface area contributed by atoms with E-state index < -0.39 is 0 Å². The largest absolute Gasteiger partial charge is 0.379 e. The molecule has 7 heteroatoms. The van der Waals surface area contributed by atoms with Gasteiger partial charge in [-0.25, -0.2) is 0 Å². The van der Waals surface area contributed by atoms with Crippen LogP contribution in [-0.4, -0.2) is 91.8 Å². The van der Waals surface area contributed by atoms with Crippen LogP contribution < -0.4 is 5.32 Å². The van der Waals surface area contributed by atoms with Crippen LogP contribution in [0.25, 0.3) is 0 Å². The standard InChI is InChI=1S/C24H39N5O.HI/c1-2-25-24(29-13-11-23(20-29)27-14-16-30-17-15-27)26-18-22-10-6-7-12-28(22)19-21-8-4-3-5-9-21;/h3-5,8-9,22-23H,2,6-7,10-20H2,1H3,(H,25,26);1H. The molecule has 3 heterocycles. The molecule has 0 amide bonds. The maximum absolute atomic E-state index is 5.53. The van der Waals surface area contributed by atoms with Gasteiger partial charge in [-0.3, -0.25) is 14.8 Å². The number of halogens is 1. The highest BCUT2D eigenvalue weighted by molar-refractivity contribution is 14.0. The SMILES string of the molecule is CCNC(=NCC1CCCCN1Cc1ccccc1)N1CCC(N2CCOCC2)C1.I. The second-order valence-electron chi connectivity index (χ2n) is 8.84. The monoisotopic (exact) mass is 541 g/mol. The van der Waals surface area contributed by atoms with Crippen molar-refractivity contribution in [2.75, 3.05) is 59.0 Å². The summed E-state index contributed by atoms with van der Waals surface area (Å²) in [6.45, 7) is 12.3. The van der Waals surface area contributed by atoms with Crippen LogP contribution in [0, 0.1) is 0 Å². The first-order chi connectivity index (χ1) is 14.8. The van der Waals surface area contributed by atoms with E-state index >= 15 is 0 Å². The summed E-state index contributed by atoms with van der Waals surface area (Å²) in [5.74, 6) is 1.11. The van der Waals surface area contributed by atoms with Gasteiger partial charge in [-0.2, -0.15) is 0 Å². The molecule has 1 N–H and O–H groups in total. The Kier molecular flexibility index (Phi) is 10.3. The van der Waals surface area contributed by atoms with Gasteiger partial charge in [0.2, 0.25) is 0 Å². The number of hydrogen-bond acceptors (Lipinski definition) is 4. The van der Waals surface area contributed by atoms with E-state index in [0.29, 0.717) is 12.1 Å². The lowest BCUT2D eigenvalue weighted by Gasteiger charge is -2.35. The molecule has 174 valence electrons. The van der Waals surface area contributed by atoms with Crippen LogP contribution in [0.2, 0.25) is 0 Å². The molecule has 0 aromatic heterocycles. The van der Waals surface area contributed by atoms with Crippen LogP contribution in [0.3, 0.4) is 0 Å². The molecular weight excluding hydrogens is 501 g/mol. The summed E-state index contributed by atoms with van der Waals surface area (Å²) >= 11 is 0. The van der Waals surface area contributed by atoms with Gasteiger partial charge in [-0.05, 0) is 38.3 Å². The predicted octanol–water partition coefficient (Wildman–Crippen LogP) is 3.03. The molecule has 2 atom stereocenters. The summed E-state index contributed by atoms with van der Waals surface area (Å²) in [5, 5.41) is 3.57. The number of nitrogens with one attached hydrogen (secondary N) is 1. The number of aliphatic imine (C=N–C) groups is 1. The van der Waals surface area contributed by atoms with E-state index in [0.717, 1.165) is 65.0 Å². The van der Waals surface area contributed by atoms with E-state index in [9.17, 15) is 0 Å². The Labute approximate surface area is 205 Å². The number of rotatable bonds is 6. The van der Waals surface area contributed by atoms with Crippen LogP contribution in [0.4, 0.5) is 0 Å². The quantitative estimate of drug-likeness (QED) is 0.341. The zero-order valence-electron chi connectivity index (χ0n) is 19.0. The van der Waals surface area contributed by atoms with Gasteiger partial charge in [-0.1, -0.05) is 36.8 Å². The van der Waals surface area contributed by atoms with Crippen molar-refractivity contribution in [2.45, 2.75) is 51.2 Å². The van der Waals surface area contributed by atoms with Gasteiger partial charge in [0.05, 0.1) is 19.8 Å². The first-order valence-electron chi connectivity index (χ1n) is 12.0. The van der Waals surface area contributed by atoms with Gasteiger partial charge >= 0.3 is 0 Å². The second-order valence-corrected chi connectivity index (χ2v) is 8.84. The number of benzene rings is 1. The highest BCUT2D eigenvalue weighted by Gasteiger charge is 2.30. The van der Waals surface area contributed by atoms with Crippen molar-refractivity contribution in [2.24, 2.45) is 4.99 Å². The molecular formula is C24H40IN5O. The lowest BCUT2D eigenvalue weighted by atomic mass is 10.0. The third-order valence-corrected chi connectivity index (χ3v) is 6.79. The third kappa shape index (κ3) is 7.04. The number of piperidine rings is 1. The van der Waals surface area contributed by atoms with Gasteiger partial charge in [0, 0.05) is 51.4 Å². The molecule has 0 spiro atoms. The Morgan fingerprint density at radius 3 is 2.65 bits per heavy atom. The summed E-state index contributed by atoms with van der Waals surface area (Å²) in [6, 6.07) is 12.1. The van der Waals surface area contributed by atoms with Gasteiger partial charge in [0.25, 0.3) is 0 Å². The Balaban J connectivity index is 0.00000272. The summed E-state index contributed by atoms with van der Waals surface area (Å²) in [7, 11) is 0. The van der Waals surface area contributed by atoms with Gasteiger partial charge in [-0.15, -0.1) is 24.0 Å². The number of likely N-dealkylation sites (tertiary alicyclic amines) is 2. The Bertz CT molecular complexity index is 667. The lowest BCUT2D eigenvalue weighted by molar-refractivity contribution is 0.0195. The minimum Gasteiger partial charge on any atom is -0.379 e. The topological polar surface area (TPSA) is 43.3 Å². The Morgan fingerprint density at radius 2 is 1.87 bits per heavy atom. The fraction of sp³-hybridized carbons (Fsp3) is 0.708. The molecule has 6 nitrogen and oxygen atoms in total. The fourth-order valence-corrected chi connectivity index (χ4v) is 5.09. The highest BCUT2D eigenvalue weighted by atomic mass is 127. The first-order valence-corrected chi connectivity index (χ1v) is 12.0. The number of morpholine rings is 1. The maximum Gasteiger partial charge on any atom is 0.194 e. The predicted molar refractivity (Wildman–Crippen MR) is 138 cm³/mol. The molecule has 3 saturated heterocycles. The van der Waals surface area contributed by atoms with Crippen molar-refractivity contribution in [3.63, 3.8) is 0 Å². The fourth-order valence-electron chi connectivity index (χ4n) is 5.09. The third-order valence-electron chi connectivity index (χ3n) is 6.79. The van der Waals surface area contributed by atoms with Crippen molar-refractivity contribution in [1.29, 1.82) is 0 Å². The van der Waals surface area contributed by atoms with Crippen molar-refractivity contribution >= 4 is 29.9 Å².